The van der Waals surface area contributed by atoms with Crippen molar-refractivity contribution in [1.82, 2.24) is 5.32 Å². The molecule has 0 aliphatic rings. The number of furan rings is 1. The molecule has 0 aliphatic heterocycles. The lowest BCUT2D eigenvalue weighted by molar-refractivity contribution is 0.0926. The Morgan fingerprint density at radius 3 is 2.71 bits per heavy atom. The van der Waals surface area contributed by atoms with Gasteiger partial charge in [-0.25, -0.2) is 4.39 Å². The summed E-state index contributed by atoms with van der Waals surface area (Å²) in [6.07, 6.45) is 4.40. The van der Waals surface area contributed by atoms with Crippen molar-refractivity contribution in [2.75, 3.05) is 6.54 Å². The van der Waals surface area contributed by atoms with E-state index in [2.05, 4.69) is 12.2 Å². The molecule has 0 saturated heterocycles. The van der Waals surface area contributed by atoms with Crippen molar-refractivity contribution in [2.45, 2.75) is 32.6 Å². The Hall–Kier alpha value is -2.10. The predicted octanol–water partition coefficient (Wildman–Crippen LogP) is 4.40. The van der Waals surface area contributed by atoms with E-state index >= 15 is 0 Å². The van der Waals surface area contributed by atoms with Gasteiger partial charge in [0, 0.05) is 6.54 Å². The lowest BCUT2D eigenvalue weighted by Gasteiger charge is -2.03. The van der Waals surface area contributed by atoms with Crippen LogP contribution < -0.4 is 5.32 Å². The molecule has 21 heavy (non-hydrogen) atoms. The summed E-state index contributed by atoms with van der Waals surface area (Å²) in [5, 5.41) is 2.81. The molecule has 1 N–H and O–H groups in total. The quantitative estimate of drug-likeness (QED) is 0.768. The van der Waals surface area contributed by atoms with E-state index in [1.807, 2.05) is 0 Å². The molecule has 1 heterocycles. The van der Waals surface area contributed by atoms with Gasteiger partial charge in [-0.15, -0.1) is 0 Å². The van der Waals surface area contributed by atoms with Gasteiger partial charge in [0.2, 0.25) is 0 Å². The van der Waals surface area contributed by atoms with E-state index in [0.717, 1.165) is 19.3 Å². The van der Waals surface area contributed by atoms with Gasteiger partial charge in [0.15, 0.2) is 5.76 Å². The van der Waals surface area contributed by atoms with Crippen LogP contribution in [-0.2, 0) is 0 Å². The van der Waals surface area contributed by atoms with E-state index in [4.69, 9.17) is 4.42 Å². The first-order valence-corrected chi connectivity index (χ1v) is 7.35. The van der Waals surface area contributed by atoms with Crippen molar-refractivity contribution in [1.29, 1.82) is 0 Å². The molecule has 0 aliphatic carbocycles. The number of nitrogens with one attached hydrogen (secondary N) is 1. The van der Waals surface area contributed by atoms with Crippen LogP contribution in [0.1, 0.15) is 43.2 Å². The van der Waals surface area contributed by atoms with Crippen molar-refractivity contribution in [3.8, 4) is 11.3 Å². The maximum atomic E-state index is 13.6. The second-order valence-electron chi connectivity index (χ2n) is 4.96. The van der Waals surface area contributed by atoms with Crippen LogP contribution in [-0.4, -0.2) is 12.5 Å². The largest absolute Gasteiger partial charge is 0.451 e. The fraction of sp³-hybridized carbons (Fsp3) is 0.353. The third-order valence-corrected chi connectivity index (χ3v) is 3.28. The molecule has 3 nitrogen and oxygen atoms in total. The molecule has 1 amide bonds. The Labute approximate surface area is 124 Å². The minimum absolute atomic E-state index is 0.212. The minimum Gasteiger partial charge on any atom is -0.451 e. The molecule has 0 bridgehead atoms. The molecule has 0 saturated carbocycles. The summed E-state index contributed by atoms with van der Waals surface area (Å²) in [6, 6.07) is 9.53. The van der Waals surface area contributed by atoms with Gasteiger partial charge in [-0.05, 0) is 30.7 Å². The van der Waals surface area contributed by atoms with Crippen LogP contribution in [0.5, 0.6) is 0 Å². The first kappa shape index (κ1) is 15.3. The number of rotatable bonds is 7. The summed E-state index contributed by atoms with van der Waals surface area (Å²) in [5.41, 5.74) is 0.361. The van der Waals surface area contributed by atoms with E-state index in [9.17, 15) is 9.18 Å². The highest BCUT2D eigenvalue weighted by molar-refractivity contribution is 5.92. The first-order chi connectivity index (χ1) is 10.2. The minimum atomic E-state index is -0.363. The normalized spacial score (nSPS) is 10.6. The van der Waals surface area contributed by atoms with Crippen LogP contribution in [0.4, 0.5) is 4.39 Å². The molecule has 0 spiro atoms. The van der Waals surface area contributed by atoms with Gasteiger partial charge in [-0.1, -0.05) is 38.3 Å². The summed E-state index contributed by atoms with van der Waals surface area (Å²) < 4.78 is 19.1. The second-order valence-corrected chi connectivity index (χ2v) is 4.96. The number of halogens is 1. The molecule has 2 aromatic rings. The molecule has 0 atom stereocenters. The number of hydrogen-bond acceptors (Lipinski definition) is 2. The summed E-state index contributed by atoms with van der Waals surface area (Å²) in [5.74, 6) is -0.0413. The van der Waals surface area contributed by atoms with Crippen LogP contribution in [0.15, 0.2) is 40.8 Å². The molecular formula is C17H20FNO2. The van der Waals surface area contributed by atoms with Gasteiger partial charge in [-0.3, -0.25) is 4.79 Å². The highest BCUT2D eigenvalue weighted by atomic mass is 19.1. The van der Waals surface area contributed by atoms with E-state index in [0.29, 0.717) is 17.9 Å². The van der Waals surface area contributed by atoms with Crippen LogP contribution in [0.3, 0.4) is 0 Å². The molecule has 1 aromatic carbocycles. The summed E-state index contributed by atoms with van der Waals surface area (Å²) >= 11 is 0. The van der Waals surface area contributed by atoms with Gasteiger partial charge in [0.25, 0.3) is 5.91 Å². The average Bonchev–Trinajstić information content (AvgIpc) is 2.97. The van der Waals surface area contributed by atoms with Crippen LogP contribution >= 0.6 is 0 Å². The number of amides is 1. The van der Waals surface area contributed by atoms with Crippen molar-refractivity contribution >= 4 is 5.91 Å². The fourth-order valence-electron chi connectivity index (χ4n) is 2.11. The van der Waals surface area contributed by atoms with Crippen LogP contribution in [0, 0.1) is 5.82 Å². The van der Waals surface area contributed by atoms with E-state index in [1.54, 1.807) is 30.3 Å². The third kappa shape index (κ3) is 4.18. The van der Waals surface area contributed by atoms with Crippen molar-refractivity contribution in [3.05, 3.63) is 48.0 Å². The molecule has 2 rings (SSSR count). The van der Waals surface area contributed by atoms with Crippen molar-refractivity contribution in [3.63, 3.8) is 0 Å². The zero-order valence-electron chi connectivity index (χ0n) is 12.2. The molecule has 0 radical (unpaired) electrons. The maximum absolute atomic E-state index is 13.6. The Balaban J connectivity index is 1.94. The van der Waals surface area contributed by atoms with Gasteiger partial charge in [0.1, 0.15) is 11.6 Å². The van der Waals surface area contributed by atoms with E-state index in [-0.39, 0.29) is 17.5 Å². The number of hydrogen-bond donors (Lipinski definition) is 1. The summed E-state index contributed by atoms with van der Waals surface area (Å²) in [7, 11) is 0. The van der Waals surface area contributed by atoms with Crippen LogP contribution in [0.2, 0.25) is 0 Å². The molecule has 0 unspecified atom stereocenters. The monoisotopic (exact) mass is 289 g/mol. The smallest absolute Gasteiger partial charge is 0.287 e. The number of benzene rings is 1. The van der Waals surface area contributed by atoms with Gasteiger partial charge in [-0.2, -0.15) is 0 Å². The number of carbonyl (C=O) groups is 1. The lowest BCUT2D eigenvalue weighted by Crippen LogP contribution is -2.23. The van der Waals surface area contributed by atoms with E-state index in [1.165, 1.54) is 12.5 Å². The summed E-state index contributed by atoms with van der Waals surface area (Å²) in [4.78, 5) is 11.9. The van der Waals surface area contributed by atoms with Crippen LogP contribution in [0.25, 0.3) is 11.3 Å². The van der Waals surface area contributed by atoms with E-state index < -0.39 is 0 Å². The van der Waals surface area contributed by atoms with Crippen molar-refractivity contribution < 1.29 is 13.6 Å². The summed E-state index contributed by atoms with van der Waals surface area (Å²) in [6.45, 7) is 2.78. The number of unbranched alkanes of at least 4 members (excludes halogenated alkanes) is 3. The highest BCUT2D eigenvalue weighted by Gasteiger charge is 2.13. The van der Waals surface area contributed by atoms with Gasteiger partial charge < -0.3 is 9.73 Å². The Morgan fingerprint density at radius 2 is 1.95 bits per heavy atom. The average molecular weight is 289 g/mol. The third-order valence-electron chi connectivity index (χ3n) is 3.28. The van der Waals surface area contributed by atoms with Gasteiger partial charge >= 0.3 is 0 Å². The molecule has 1 aromatic heterocycles. The van der Waals surface area contributed by atoms with Crippen molar-refractivity contribution in [2.24, 2.45) is 0 Å². The van der Waals surface area contributed by atoms with Gasteiger partial charge in [0.05, 0.1) is 5.56 Å². The molecule has 0 fully saturated rings. The second kappa shape index (κ2) is 7.62. The zero-order valence-corrected chi connectivity index (χ0v) is 12.2. The lowest BCUT2D eigenvalue weighted by atomic mass is 10.1. The maximum Gasteiger partial charge on any atom is 0.287 e. The Morgan fingerprint density at radius 1 is 1.14 bits per heavy atom. The Bertz CT molecular complexity index is 592. The standard InChI is InChI=1S/C17H20FNO2/c1-2-3-4-7-12-19-17(20)16-11-10-15(21-16)13-8-5-6-9-14(13)18/h5-6,8-11H,2-4,7,12H2,1H3,(H,19,20). The first-order valence-electron chi connectivity index (χ1n) is 7.35. The number of carbonyl (C=O) groups excluding carboxylic acids is 1. The topological polar surface area (TPSA) is 42.2 Å². The fourth-order valence-corrected chi connectivity index (χ4v) is 2.11. The predicted molar refractivity (Wildman–Crippen MR) is 80.6 cm³/mol. The highest BCUT2D eigenvalue weighted by Crippen LogP contribution is 2.24. The Kier molecular flexibility index (Phi) is 5.55. The zero-order chi connectivity index (χ0) is 15.1. The molecular weight excluding hydrogens is 269 g/mol. The molecule has 4 heteroatoms. The molecule has 112 valence electrons. The SMILES string of the molecule is CCCCCCNC(=O)c1ccc(-c2ccccc2F)o1.